The van der Waals surface area contributed by atoms with Gasteiger partial charge in [0.2, 0.25) is 11.8 Å². The molecule has 5 nitrogen and oxygen atoms in total. The van der Waals surface area contributed by atoms with Crippen molar-refractivity contribution in [1.82, 2.24) is 14.8 Å². The van der Waals surface area contributed by atoms with Gasteiger partial charge in [-0.3, -0.25) is 9.69 Å². The third-order valence-corrected chi connectivity index (χ3v) is 4.79. The van der Waals surface area contributed by atoms with Crippen LogP contribution in [0, 0.1) is 0 Å². The molecule has 5 heteroatoms. The first-order valence-corrected chi connectivity index (χ1v) is 7.93. The van der Waals surface area contributed by atoms with Crippen LogP contribution in [0.15, 0.2) is 18.3 Å². The van der Waals surface area contributed by atoms with Crippen molar-refractivity contribution in [3.8, 4) is 5.88 Å². The Morgan fingerprint density at radius 1 is 1.32 bits per heavy atom. The zero-order chi connectivity index (χ0) is 15.9. The molecule has 2 aliphatic rings. The number of hydrogen-bond donors (Lipinski definition) is 0. The number of nitrogens with zero attached hydrogens (tertiary/aromatic N) is 3. The largest absolute Gasteiger partial charge is 0.481 e. The van der Waals surface area contributed by atoms with Crippen LogP contribution in [0.5, 0.6) is 5.88 Å². The van der Waals surface area contributed by atoms with Gasteiger partial charge in [0.25, 0.3) is 0 Å². The Labute approximate surface area is 132 Å². The van der Waals surface area contributed by atoms with Crippen molar-refractivity contribution in [1.29, 1.82) is 0 Å². The molecule has 3 heterocycles. The highest BCUT2D eigenvalue weighted by Crippen LogP contribution is 2.35. The zero-order valence-electron chi connectivity index (χ0n) is 13.9. The van der Waals surface area contributed by atoms with Crippen molar-refractivity contribution in [2.45, 2.75) is 51.2 Å². The number of piperazine rings is 1. The van der Waals surface area contributed by atoms with Gasteiger partial charge < -0.3 is 9.64 Å². The number of ether oxygens (including phenoxy) is 1. The maximum absolute atomic E-state index is 12.6. The van der Waals surface area contributed by atoms with Crippen LogP contribution in [-0.2, 0) is 11.2 Å². The fourth-order valence-corrected chi connectivity index (χ4v) is 3.47. The van der Waals surface area contributed by atoms with E-state index in [0.717, 1.165) is 25.1 Å². The lowest BCUT2D eigenvalue weighted by Gasteiger charge is -2.59. The highest BCUT2D eigenvalue weighted by atomic mass is 16.5. The van der Waals surface area contributed by atoms with Crippen molar-refractivity contribution in [2.24, 2.45) is 0 Å². The molecule has 1 amide bonds. The predicted molar refractivity (Wildman–Crippen MR) is 84.9 cm³/mol. The van der Waals surface area contributed by atoms with E-state index in [1.54, 1.807) is 19.4 Å². The number of pyridine rings is 1. The molecule has 2 saturated heterocycles. The molecular weight excluding hydrogens is 278 g/mol. The molecule has 2 unspecified atom stereocenters. The summed E-state index contributed by atoms with van der Waals surface area (Å²) >= 11 is 0. The minimum atomic E-state index is 0.186. The average Bonchev–Trinajstić information content (AvgIpc) is 2.47. The number of carbonyl (C=O) groups excluding carboxylic acids is 1. The van der Waals surface area contributed by atoms with Gasteiger partial charge in [-0.25, -0.2) is 4.98 Å². The number of rotatable bonds is 3. The molecule has 2 aliphatic heterocycles. The molecule has 22 heavy (non-hydrogen) atoms. The molecule has 3 rings (SSSR count). The lowest BCUT2D eigenvalue weighted by molar-refractivity contribution is -0.157. The monoisotopic (exact) mass is 303 g/mol. The van der Waals surface area contributed by atoms with Crippen molar-refractivity contribution in [2.75, 3.05) is 20.2 Å². The number of hydrogen-bond acceptors (Lipinski definition) is 4. The molecule has 2 bridgehead atoms. The SMILES string of the molecule is COc1ccc(CC(=O)N2C3CC2CN(C(C)(C)C)C3)cn1. The summed E-state index contributed by atoms with van der Waals surface area (Å²) in [7, 11) is 1.59. The van der Waals surface area contributed by atoms with Gasteiger partial charge in [-0.15, -0.1) is 0 Å². The molecule has 0 aromatic carbocycles. The Hall–Kier alpha value is -1.62. The first-order chi connectivity index (χ1) is 10.4. The Bertz CT molecular complexity index is 538. The summed E-state index contributed by atoms with van der Waals surface area (Å²) < 4.78 is 5.05. The number of aromatic nitrogens is 1. The van der Waals surface area contributed by atoms with Gasteiger partial charge in [-0.2, -0.15) is 0 Å². The first-order valence-electron chi connectivity index (χ1n) is 7.93. The van der Waals surface area contributed by atoms with E-state index in [9.17, 15) is 4.79 Å². The second-order valence-electron chi connectivity index (χ2n) is 7.31. The molecular formula is C17H25N3O2. The lowest BCUT2D eigenvalue weighted by Crippen LogP contribution is -2.72. The normalized spacial score (nSPS) is 24.8. The fraction of sp³-hybridized carbons (Fsp3) is 0.647. The van der Waals surface area contributed by atoms with E-state index >= 15 is 0 Å². The molecule has 2 fully saturated rings. The van der Waals surface area contributed by atoms with Crippen molar-refractivity contribution in [3.63, 3.8) is 0 Å². The molecule has 1 aromatic rings. The van der Waals surface area contributed by atoms with E-state index in [-0.39, 0.29) is 11.4 Å². The Morgan fingerprint density at radius 3 is 2.50 bits per heavy atom. The second kappa shape index (κ2) is 5.54. The van der Waals surface area contributed by atoms with Crippen molar-refractivity contribution in [3.05, 3.63) is 23.9 Å². The van der Waals surface area contributed by atoms with E-state index < -0.39 is 0 Å². The molecule has 0 N–H and O–H groups in total. The molecule has 1 aromatic heterocycles. The van der Waals surface area contributed by atoms with Crippen LogP contribution in [0.1, 0.15) is 32.8 Å². The average molecular weight is 303 g/mol. The zero-order valence-corrected chi connectivity index (χ0v) is 13.9. The number of piperidine rings is 1. The van der Waals surface area contributed by atoms with Crippen LogP contribution in [0.4, 0.5) is 0 Å². The lowest BCUT2D eigenvalue weighted by atomic mass is 9.84. The topological polar surface area (TPSA) is 45.7 Å². The Balaban J connectivity index is 1.60. The van der Waals surface area contributed by atoms with Crippen LogP contribution in [0.3, 0.4) is 0 Å². The fourth-order valence-electron chi connectivity index (χ4n) is 3.47. The van der Waals surface area contributed by atoms with Gasteiger partial charge in [-0.1, -0.05) is 6.07 Å². The maximum Gasteiger partial charge on any atom is 0.227 e. The van der Waals surface area contributed by atoms with Gasteiger partial charge in [0.05, 0.1) is 13.5 Å². The van der Waals surface area contributed by atoms with Crippen LogP contribution in [-0.4, -0.2) is 58.5 Å². The van der Waals surface area contributed by atoms with Crippen LogP contribution < -0.4 is 4.74 Å². The van der Waals surface area contributed by atoms with Crippen LogP contribution >= 0.6 is 0 Å². The first kappa shape index (κ1) is 15.3. The molecule has 0 spiro atoms. The molecule has 0 saturated carbocycles. The van der Waals surface area contributed by atoms with Crippen molar-refractivity contribution >= 4 is 5.91 Å². The highest BCUT2D eigenvalue weighted by Gasteiger charge is 2.48. The summed E-state index contributed by atoms with van der Waals surface area (Å²) in [6, 6.07) is 4.50. The Kier molecular flexibility index (Phi) is 3.85. The quantitative estimate of drug-likeness (QED) is 0.853. The van der Waals surface area contributed by atoms with E-state index in [4.69, 9.17) is 4.74 Å². The standard InChI is InChI=1S/C17H25N3O2/c1-17(2,3)19-10-13-8-14(11-19)20(13)16(21)7-12-5-6-15(22-4)18-9-12/h5-6,9,13-14H,7-8,10-11H2,1-4H3. The summed E-state index contributed by atoms with van der Waals surface area (Å²) in [5.41, 5.74) is 1.13. The smallest absolute Gasteiger partial charge is 0.227 e. The third kappa shape index (κ3) is 2.82. The summed E-state index contributed by atoms with van der Waals surface area (Å²) in [5, 5.41) is 0. The number of fused-ring (bicyclic) bond motifs is 2. The minimum Gasteiger partial charge on any atom is -0.481 e. The van der Waals surface area contributed by atoms with Crippen LogP contribution in [0.25, 0.3) is 0 Å². The van der Waals surface area contributed by atoms with Gasteiger partial charge in [0.15, 0.2) is 0 Å². The van der Waals surface area contributed by atoms with E-state index in [1.165, 1.54) is 0 Å². The van der Waals surface area contributed by atoms with Gasteiger partial charge in [0.1, 0.15) is 0 Å². The third-order valence-electron chi connectivity index (χ3n) is 4.79. The van der Waals surface area contributed by atoms with Crippen molar-refractivity contribution < 1.29 is 9.53 Å². The molecule has 2 atom stereocenters. The van der Waals surface area contributed by atoms with Crippen LogP contribution in [0.2, 0.25) is 0 Å². The Morgan fingerprint density at radius 2 is 2.00 bits per heavy atom. The van der Waals surface area contributed by atoms with E-state index in [0.29, 0.717) is 24.4 Å². The predicted octanol–water partition coefficient (Wildman–Crippen LogP) is 1.72. The van der Waals surface area contributed by atoms with Gasteiger partial charge in [-0.05, 0) is 32.8 Å². The second-order valence-corrected chi connectivity index (χ2v) is 7.31. The maximum atomic E-state index is 12.6. The molecule has 0 aliphatic carbocycles. The molecule has 120 valence electrons. The number of methoxy groups -OCH3 is 1. The van der Waals surface area contributed by atoms with Gasteiger partial charge in [0, 0.05) is 43.0 Å². The summed E-state index contributed by atoms with van der Waals surface area (Å²) in [5.74, 6) is 0.805. The highest BCUT2D eigenvalue weighted by molar-refractivity contribution is 5.80. The summed E-state index contributed by atoms with van der Waals surface area (Å²) in [6.07, 6.45) is 3.31. The molecule has 0 radical (unpaired) electrons. The number of amides is 1. The van der Waals surface area contributed by atoms with Gasteiger partial charge >= 0.3 is 0 Å². The number of carbonyl (C=O) groups is 1. The number of likely N-dealkylation sites (tertiary alicyclic amines) is 2. The minimum absolute atomic E-state index is 0.186. The summed E-state index contributed by atoms with van der Waals surface area (Å²) in [4.78, 5) is 21.3. The van der Waals surface area contributed by atoms with E-state index in [2.05, 4.69) is 35.6 Å². The summed E-state index contributed by atoms with van der Waals surface area (Å²) in [6.45, 7) is 8.71. The van der Waals surface area contributed by atoms with E-state index in [1.807, 2.05) is 6.07 Å².